The smallest absolute Gasteiger partial charge is 0.229 e. The maximum atomic E-state index is 6.23. The highest BCUT2D eigenvalue weighted by atomic mass is 16.5. The Morgan fingerprint density at radius 3 is 2.75 bits per heavy atom. The van der Waals surface area contributed by atoms with Gasteiger partial charge in [-0.25, -0.2) is 0 Å². The molecule has 20 heavy (non-hydrogen) atoms. The fourth-order valence-electron chi connectivity index (χ4n) is 2.17. The van der Waals surface area contributed by atoms with E-state index in [1.165, 1.54) is 0 Å². The zero-order chi connectivity index (χ0) is 14.1. The van der Waals surface area contributed by atoms with Gasteiger partial charge >= 0.3 is 0 Å². The lowest BCUT2D eigenvalue weighted by molar-refractivity contribution is 0.349. The van der Waals surface area contributed by atoms with Gasteiger partial charge in [0.1, 0.15) is 0 Å². The van der Waals surface area contributed by atoms with Gasteiger partial charge in [-0.15, -0.1) is 0 Å². The van der Waals surface area contributed by atoms with Crippen LogP contribution in [-0.2, 0) is 0 Å². The molecule has 1 aromatic carbocycles. The van der Waals surface area contributed by atoms with Crippen LogP contribution < -0.4 is 15.2 Å². The summed E-state index contributed by atoms with van der Waals surface area (Å²) in [6.07, 6.45) is 2.22. The number of methoxy groups -OCH3 is 2. The maximum Gasteiger partial charge on any atom is 0.229 e. The highest BCUT2D eigenvalue weighted by Gasteiger charge is 2.31. The minimum absolute atomic E-state index is 0.413. The molecule has 1 fully saturated rings. The molecular weight excluding hydrogens is 258 g/mol. The lowest BCUT2D eigenvalue weighted by atomic mass is 10.1. The predicted octanol–water partition coefficient (Wildman–Crippen LogP) is 2.01. The van der Waals surface area contributed by atoms with Crippen LogP contribution in [0.1, 0.15) is 42.1 Å². The van der Waals surface area contributed by atoms with Crippen LogP contribution in [0.25, 0.3) is 0 Å². The summed E-state index contributed by atoms with van der Waals surface area (Å²) in [6, 6.07) is 5.05. The lowest BCUT2D eigenvalue weighted by Gasteiger charge is -2.15. The van der Waals surface area contributed by atoms with Crippen LogP contribution in [0.3, 0.4) is 0 Å². The zero-order valence-electron chi connectivity index (χ0n) is 11.5. The summed E-state index contributed by atoms with van der Waals surface area (Å²) >= 11 is 0. The molecule has 1 aliphatic carbocycles. The summed E-state index contributed by atoms with van der Waals surface area (Å²) in [5.74, 6) is 2.79. The molecule has 106 valence electrons. The number of nitrogens with two attached hydrogens (primary N) is 1. The molecule has 1 heterocycles. The molecule has 1 aliphatic rings. The average Bonchev–Trinajstić information content (AvgIpc) is 3.23. The van der Waals surface area contributed by atoms with Gasteiger partial charge in [-0.1, -0.05) is 17.3 Å². The molecule has 0 aliphatic heterocycles. The number of para-hydroxylation sites is 1. The predicted molar refractivity (Wildman–Crippen MR) is 71.8 cm³/mol. The normalized spacial score (nSPS) is 15.9. The molecule has 0 amide bonds. The number of nitrogens with zero attached hydrogens (tertiary/aromatic N) is 2. The quantitative estimate of drug-likeness (QED) is 0.898. The Balaban J connectivity index is 1.94. The van der Waals surface area contributed by atoms with Gasteiger partial charge in [0.25, 0.3) is 0 Å². The number of aromatic nitrogens is 2. The number of hydrogen-bond donors (Lipinski definition) is 1. The molecular formula is C14H17N3O3. The van der Waals surface area contributed by atoms with Crippen LogP contribution in [0.2, 0.25) is 0 Å². The number of hydrogen-bond acceptors (Lipinski definition) is 6. The van der Waals surface area contributed by atoms with Crippen molar-refractivity contribution in [3.63, 3.8) is 0 Å². The molecule has 2 N–H and O–H groups in total. The van der Waals surface area contributed by atoms with Gasteiger partial charge in [0, 0.05) is 11.5 Å². The third-order valence-electron chi connectivity index (χ3n) is 3.43. The lowest BCUT2D eigenvalue weighted by Crippen LogP contribution is -2.15. The van der Waals surface area contributed by atoms with E-state index >= 15 is 0 Å². The van der Waals surface area contributed by atoms with E-state index in [0.717, 1.165) is 18.4 Å². The van der Waals surface area contributed by atoms with E-state index in [4.69, 9.17) is 19.7 Å². The van der Waals surface area contributed by atoms with Crippen LogP contribution in [-0.4, -0.2) is 24.4 Å². The third kappa shape index (κ3) is 2.22. The molecule has 0 radical (unpaired) electrons. The summed E-state index contributed by atoms with van der Waals surface area (Å²) in [6.45, 7) is 0. The van der Waals surface area contributed by atoms with Crippen molar-refractivity contribution in [2.24, 2.45) is 5.73 Å². The number of ether oxygens (including phenoxy) is 2. The van der Waals surface area contributed by atoms with Gasteiger partial charge in [-0.2, -0.15) is 4.98 Å². The molecule has 1 aromatic heterocycles. The highest BCUT2D eigenvalue weighted by molar-refractivity contribution is 5.49. The standard InChI is InChI=1S/C14H17N3O3/c1-18-10-5-3-4-9(12(10)19-2)11(15)13-16-14(20-17-13)8-6-7-8/h3-5,8,11H,6-7,15H2,1-2H3. The monoisotopic (exact) mass is 275 g/mol. The summed E-state index contributed by atoms with van der Waals surface area (Å²) in [5.41, 5.74) is 7.00. The van der Waals surface area contributed by atoms with Crippen molar-refractivity contribution in [1.82, 2.24) is 10.1 Å². The summed E-state index contributed by atoms with van der Waals surface area (Å²) in [7, 11) is 3.17. The number of rotatable bonds is 5. The van der Waals surface area contributed by atoms with Gasteiger partial charge < -0.3 is 19.7 Å². The molecule has 3 rings (SSSR count). The van der Waals surface area contributed by atoms with E-state index in [1.54, 1.807) is 14.2 Å². The van der Waals surface area contributed by atoms with Crippen molar-refractivity contribution < 1.29 is 14.0 Å². The van der Waals surface area contributed by atoms with E-state index in [1.807, 2.05) is 18.2 Å². The summed E-state index contributed by atoms with van der Waals surface area (Å²) in [4.78, 5) is 4.38. The Morgan fingerprint density at radius 1 is 1.30 bits per heavy atom. The van der Waals surface area contributed by atoms with Crippen molar-refractivity contribution in [2.45, 2.75) is 24.8 Å². The summed E-state index contributed by atoms with van der Waals surface area (Å²) in [5, 5.41) is 3.98. The minimum Gasteiger partial charge on any atom is -0.493 e. The first-order chi connectivity index (χ1) is 9.74. The van der Waals surface area contributed by atoms with Crippen LogP contribution in [0, 0.1) is 0 Å². The van der Waals surface area contributed by atoms with E-state index in [9.17, 15) is 0 Å². The molecule has 0 spiro atoms. The second-order valence-electron chi connectivity index (χ2n) is 4.83. The summed E-state index contributed by atoms with van der Waals surface area (Å²) < 4.78 is 15.9. The fraction of sp³-hybridized carbons (Fsp3) is 0.429. The van der Waals surface area contributed by atoms with Gasteiger partial charge in [-0.3, -0.25) is 0 Å². The molecule has 1 saturated carbocycles. The highest BCUT2D eigenvalue weighted by Crippen LogP contribution is 2.40. The zero-order valence-corrected chi connectivity index (χ0v) is 11.5. The van der Waals surface area contributed by atoms with Gasteiger partial charge in [-0.05, 0) is 18.9 Å². The van der Waals surface area contributed by atoms with Crippen molar-refractivity contribution >= 4 is 0 Å². The van der Waals surface area contributed by atoms with Crippen molar-refractivity contribution in [2.75, 3.05) is 14.2 Å². The largest absolute Gasteiger partial charge is 0.493 e. The third-order valence-corrected chi connectivity index (χ3v) is 3.43. The van der Waals surface area contributed by atoms with Gasteiger partial charge in [0.05, 0.1) is 20.3 Å². The first-order valence-corrected chi connectivity index (χ1v) is 6.54. The van der Waals surface area contributed by atoms with Crippen molar-refractivity contribution in [3.8, 4) is 11.5 Å². The molecule has 0 bridgehead atoms. The molecule has 0 saturated heterocycles. The maximum absolute atomic E-state index is 6.23. The van der Waals surface area contributed by atoms with Crippen molar-refractivity contribution in [1.29, 1.82) is 0 Å². The van der Waals surface area contributed by atoms with Gasteiger partial charge in [0.2, 0.25) is 5.89 Å². The Labute approximate surface area is 116 Å². The average molecular weight is 275 g/mol. The van der Waals surface area contributed by atoms with Gasteiger partial charge in [0.15, 0.2) is 17.3 Å². The number of benzene rings is 1. The van der Waals surface area contributed by atoms with E-state index in [0.29, 0.717) is 29.1 Å². The van der Waals surface area contributed by atoms with Crippen LogP contribution in [0.5, 0.6) is 11.5 Å². The SMILES string of the molecule is COc1cccc(C(N)c2noc(C3CC3)n2)c1OC. The van der Waals surface area contributed by atoms with Crippen LogP contribution >= 0.6 is 0 Å². The van der Waals surface area contributed by atoms with E-state index < -0.39 is 6.04 Å². The van der Waals surface area contributed by atoms with Crippen LogP contribution in [0.15, 0.2) is 22.7 Å². The molecule has 1 unspecified atom stereocenters. The minimum atomic E-state index is -0.503. The second-order valence-corrected chi connectivity index (χ2v) is 4.83. The molecule has 2 aromatic rings. The van der Waals surface area contributed by atoms with E-state index in [2.05, 4.69) is 10.1 Å². The molecule has 6 nitrogen and oxygen atoms in total. The topological polar surface area (TPSA) is 83.4 Å². The Bertz CT molecular complexity index is 607. The van der Waals surface area contributed by atoms with Crippen molar-refractivity contribution in [3.05, 3.63) is 35.5 Å². The van der Waals surface area contributed by atoms with Crippen LogP contribution in [0.4, 0.5) is 0 Å². The Kier molecular flexibility index (Phi) is 3.31. The Morgan fingerprint density at radius 2 is 2.10 bits per heavy atom. The Hall–Kier alpha value is -2.08. The molecule has 1 atom stereocenters. The first-order valence-electron chi connectivity index (χ1n) is 6.54. The fourth-order valence-corrected chi connectivity index (χ4v) is 2.17. The second kappa shape index (κ2) is 5.13. The molecule has 6 heteroatoms. The van der Waals surface area contributed by atoms with E-state index in [-0.39, 0.29) is 0 Å². The first kappa shape index (κ1) is 12.9.